The van der Waals surface area contributed by atoms with E-state index in [0.29, 0.717) is 12.8 Å². The van der Waals surface area contributed by atoms with Crippen LogP contribution in [0, 0.1) is 5.92 Å². The van der Waals surface area contributed by atoms with Crippen LogP contribution in [0.2, 0.25) is 0 Å². The molecule has 2 amide bonds. The number of alkyl halides is 3. The van der Waals surface area contributed by atoms with E-state index in [4.69, 9.17) is 0 Å². The Morgan fingerprint density at radius 1 is 1.29 bits per heavy atom. The predicted octanol–water partition coefficient (Wildman–Crippen LogP) is 2.48. The van der Waals surface area contributed by atoms with Crippen LogP contribution in [-0.4, -0.2) is 41.5 Å². The molecule has 7 heteroatoms. The van der Waals surface area contributed by atoms with Gasteiger partial charge in [0.2, 0.25) is 11.8 Å². The van der Waals surface area contributed by atoms with Crippen LogP contribution in [0.4, 0.5) is 13.2 Å². The lowest BCUT2D eigenvalue weighted by Gasteiger charge is -2.40. The van der Waals surface area contributed by atoms with Crippen LogP contribution in [0.1, 0.15) is 46.5 Å². The molecule has 3 atom stereocenters. The second-order valence-electron chi connectivity index (χ2n) is 5.55. The van der Waals surface area contributed by atoms with Gasteiger partial charge in [-0.25, -0.2) is 0 Å². The molecule has 0 aromatic carbocycles. The Kier molecular flexibility index (Phi) is 6.04. The third-order valence-electron chi connectivity index (χ3n) is 3.98. The summed E-state index contributed by atoms with van der Waals surface area (Å²) in [7, 11) is 0. The van der Waals surface area contributed by atoms with E-state index >= 15 is 0 Å². The first-order valence-electron chi connectivity index (χ1n) is 7.38. The minimum atomic E-state index is -4.24. The molecule has 1 aliphatic rings. The van der Waals surface area contributed by atoms with Crippen molar-refractivity contribution >= 4 is 11.8 Å². The van der Waals surface area contributed by atoms with Gasteiger partial charge in [0.25, 0.3) is 0 Å². The van der Waals surface area contributed by atoms with E-state index in [0.717, 1.165) is 0 Å². The number of carbonyl (C=O) groups is 2. The SMILES string of the molecule is CCC(C)C1NC(=O)C(CC)N(CCCC(F)(F)F)C1=O. The van der Waals surface area contributed by atoms with Gasteiger partial charge >= 0.3 is 6.18 Å². The zero-order chi connectivity index (χ0) is 16.2. The molecule has 0 saturated carbocycles. The summed E-state index contributed by atoms with van der Waals surface area (Å²) in [4.78, 5) is 25.8. The lowest BCUT2D eigenvalue weighted by molar-refractivity contribution is -0.153. The first-order chi connectivity index (χ1) is 9.71. The van der Waals surface area contributed by atoms with Crippen molar-refractivity contribution < 1.29 is 22.8 Å². The minimum Gasteiger partial charge on any atom is -0.342 e. The molecule has 1 saturated heterocycles. The van der Waals surface area contributed by atoms with Gasteiger partial charge in [-0.1, -0.05) is 27.2 Å². The van der Waals surface area contributed by atoms with Crippen molar-refractivity contribution in [3.63, 3.8) is 0 Å². The van der Waals surface area contributed by atoms with Crippen LogP contribution in [0.5, 0.6) is 0 Å². The smallest absolute Gasteiger partial charge is 0.342 e. The van der Waals surface area contributed by atoms with Crippen LogP contribution >= 0.6 is 0 Å². The van der Waals surface area contributed by atoms with E-state index in [1.165, 1.54) is 4.90 Å². The van der Waals surface area contributed by atoms with Crippen molar-refractivity contribution in [1.29, 1.82) is 0 Å². The third-order valence-corrected chi connectivity index (χ3v) is 3.98. The molecule has 1 heterocycles. The minimum absolute atomic E-state index is 0.0306. The number of nitrogens with zero attached hydrogens (tertiary/aromatic N) is 1. The first kappa shape index (κ1) is 17.8. The number of carbonyl (C=O) groups excluding carboxylic acids is 2. The lowest BCUT2D eigenvalue weighted by atomic mass is 9.93. The largest absolute Gasteiger partial charge is 0.389 e. The molecule has 3 unspecified atom stereocenters. The Morgan fingerprint density at radius 3 is 2.38 bits per heavy atom. The molecular weight excluding hydrogens is 285 g/mol. The van der Waals surface area contributed by atoms with Crippen molar-refractivity contribution in [1.82, 2.24) is 10.2 Å². The third kappa shape index (κ3) is 4.61. The van der Waals surface area contributed by atoms with Gasteiger partial charge in [-0.15, -0.1) is 0 Å². The zero-order valence-electron chi connectivity index (χ0n) is 12.7. The molecule has 0 spiro atoms. The molecule has 4 nitrogen and oxygen atoms in total. The van der Waals surface area contributed by atoms with Gasteiger partial charge in [0.05, 0.1) is 0 Å². The van der Waals surface area contributed by atoms with Crippen LogP contribution in [0.25, 0.3) is 0 Å². The topological polar surface area (TPSA) is 49.4 Å². The molecule has 1 aliphatic heterocycles. The fraction of sp³-hybridized carbons (Fsp3) is 0.857. The van der Waals surface area contributed by atoms with Gasteiger partial charge < -0.3 is 10.2 Å². The van der Waals surface area contributed by atoms with Crippen molar-refractivity contribution in [3.05, 3.63) is 0 Å². The second-order valence-corrected chi connectivity index (χ2v) is 5.55. The van der Waals surface area contributed by atoms with Gasteiger partial charge in [0.15, 0.2) is 0 Å². The maximum Gasteiger partial charge on any atom is 0.389 e. The molecule has 0 aromatic heterocycles. The standard InChI is InChI=1S/C14H23F3N2O2/c1-4-9(3)11-13(21)19(8-6-7-14(15,16)17)10(5-2)12(20)18-11/h9-11H,4-8H2,1-3H3,(H,18,20). The molecule has 0 radical (unpaired) electrons. The zero-order valence-corrected chi connectivity index (χ0v) is 12.7. The van der Waals surface area contributed by atoms with Crippen LogP contribution in [-0.2, 0) is 9.59 Å². The van der Waals surface area contributed by atoms with Crippen molar-refractivity contribution in [2.45, 2.75) is 64.7 Å². The van der Waals surface area contributed by atoms with Crippen LogP contribution in [0.15, 0.2) is 0 Å². The lowest BCUT2D eigenvalue weighted by Crippen LogP contribution is -2.64. The molecule has 1 N–H and O–H groups in total. The summed E-state index contributed by atoms with van der Waals surface area (Å²) in [6, 6.07) is -1.29. The molecule has 0 bridgehead atoms. The summed E-state index contributed by atoms with van der Waals surface area (Å²) >= 11 is 0. The monoisotopic (exact) mass is 308 g/mol. The normalized spacial score (nSPS) is 25.0. The summed E-state index contributed by atoms with van der Waals surface area (Å²) in [6.07, 6.45) is -4.24. The highest BCUT2D eigenvalue weighted by atomic mass is 19.4. The Balaban J connectivity index is 2.79. The number of amides is 2. The number of piperazine rings is 1. The Morgan fingerprint density at radius 2 is 1.90 bits per heavy atom. The average Bonchev–Trinajstić information content (AvgIpc) is 2.40. The summed E-state index contributed by atoms with van der Waals surface area (Å²) < 4.78 is 36.7. The van der Waals surface area contributed by atoms with E-state index in [1.807, 2.05) is 13.8 Å². The predicted molar refractivity (Wildman–Crippen MR) is 72.5 cm³/mol. The highest BCUT2D eigenvalue weighted by Gasteiger charge is 2.41. The first-order valence-corrected chi connectivity index (χ1v) is 7.38. The summed E-state index contributed by atoms with van der Waals surface area (Å²) in [6.45, 7) is 5.47. The molecule has 21 heavy (non-hydrogen) atoms. The number of hydrogen-bond donors (Lipinski definition) is 1. The van der Waals surface area contributed by atoms with Gasteiger partial charge in [-0.3, -0.25) is 9.59 Å². The molecular formula is C14H23F3N2O2. The van der Waals surface area contributed by atoms with Gasteiger partial charge in [-0.05, 0) is 18.8 Å². The maximum atomic E-state index is 12.4. The summed E-state index contributed by atoms with van der Waals surface area (Å²) in [5.41, 5.74) is 0. The van der Waals surface area contributed by atoms with Gasteiger partial charge in [0.1, 0.15) is 12.1 Å². The molecule has 0 aliphatic carbocycles. The summed E-state index contributed by atoms with van der Waals surface area (Å²) in [5.74, 6) is -0.572. The van der Waals surface area contributed by atoms with Gasteiger partial charge in [-0.2, -0.15) is 13.2 Å². The average molecular weight is 308 g/mol. The van der Waals surface area contributed by atoms with E-state index < -0.39 is 24.7 Å². The van der Waals surface area contributed by atoms with Gasteiger partial charge in [0, 0.05) is 13.0 Å². The second kappa shape index (κ2) is 7.13. The Labute approximate surface area is 123 Å². The van der Waals surface area contributed by atoms with Crippen LogP contribution < -0.4 is 5.32 Å². The summed E-state index contributed by atoms with van der Waals surface area (Å²) in [5, 5.41) is 2.70. The molecule has 0 aromatic rings. The Bertz CT molecular complexity index is 385. The quantitative estimate of drug-likeness (QED) is 0.819. The maximum absolute atomic E-state index is 12.4. The highest BCUT2D eigenvalue weighted by molar-refractivity contribution is 5.97. The fourth-order valence-corrected chi connectivity index (χ4v) is 2.53. The van der Waals surface area contributed by atoms with Crippen molar-refractivity contribution in [2.24, 2.45) is 5.92 Å². The number of nitrogens with one attached hydrogen (secondary N) is 1. The number of halogens is 3. The molecule has 1 rings (SSSR count). The number of hydrogen-bond acceptors (Lipinski definition) is 2. The van der Waals surface area contributed by atoms with E-state index in [2.05, 4.69) is 5.32 Å². The van der Waals surface area contributed by atoms with Crippen molar-refractivity contribution in [3.8, 4) is 0 Å². The van der Waals surface area contributed by atoms with E-state index in [9.17, 15) is 22.8 Å². The fourth-order valence-electron chi connectivity index (χ4n) is 2.53. The van der Waals surface area contributed by atoms with E-state index in [1.54, 1.807) is 6.92 Å². The highest BCUT2D eigenvalue weighted by Crippen LogP contribution is 2.24. The Hall–Kier alpha value is -1.27. The number of rotatable bonds is 6. The molecule has 1 fully saturated rings. The van der Waals surface area contributed by atoms with Crippen LogP contribution in [0.3, 0.4) is 0 Å². The molecule has 122 valence electrons. The van der Waals surface area contributed by atoms with E-state index in [-0.39, 0.29) is 30.7 Å². The van der Waals surface area contributed by atoms with Crippen molar-refractivity contribution in [2.75, 3.05) is 6.54 Å².